The Balaban J connectivity index is 1.23. The fourth-order valence-corrected chi connectivity index (χ4v) is 3.59. The van der Waals surface area contributed by atoms with Gasteiger partial charge in [0.2, 0.25) is 0 Å². The van der Waals surface area contributed by atoms with Crippen molar-refractivity contribution in [2.24, 2.45) is 5.10 Å². The van der Waals surface area contributed by atoms with Crippen molar-refractivity contribution in [3.63, 3.8) is 0 Å². The lowest BCUT2D eigenvalue weighted by atomic mass is 10.0. The fraction of sp³-hybridized carbons (Fsp3) is 0.133. The van der Waals surface area contributed by atoms with Crippen LogP contribution in [0, 0.1) is 0 Å². The van der Waals surface area contributed by atoms with E-state index in [1.165, 1.54) is 6.21 Å². The topological polar surface area (TPSA) is 106 Å². The molecule has 0 saturated heterocycles. The molecule has 0 aromatic heterocycles. The van der Waals surface area contributed by atoms with Gasteiger partial charge in [-0.15, -0.1) is 0 Å². The van der Waals surface area contributed by atoms with Gasteiger partial charge in [-0.3, -0.25) is 9.59 Å². The summed E-state index contributed by atoms with van der Waals surface area (Å²) in [5.41, 5.74) is 3.97. The molecule has 2 amide bonds. The second-order valence-electron chi connectivity index (χ2n) is 8.33. The van der Waals surface area contributed by atoms with Crippen molar-refractivity contribution in [2.75, 3.05) is 13.2 Å². The monoisotopic (exact) mass is 509 g/mol. The first-order chi connectivity index (χ1) is 18.5. The highest BCUT2D eigenvalue weighted by Crippen LogP contribution is 2.18. The van der Waals surface area contributed by atoms with Crippen molar-refractivity contribution >= 4 is 34.8 Å². The summed E-state index contributed by atoms with van der Waals surface area (Å²) in [5.74, 6) is -0.213. The van der Waals surface area contributed by atoms with E-state index in [-0.39, 0.29) is 12.5 Å². The Hall–Kier alpha value is -4.98. The van der Waals surface area contributed by atoms with E-state index in [1.54, 1.807) is 60.7 Å². The van der Waals surface area contributed by atoms with E-state index < -0.39 is 11.9 Å². The van der Waals surface area contributed by atoms with Crippen molar-refractivity contribution in [3.8, 4) is 11.5 Å². The molecule has 0 bridgehead atoms. The number of fused-ring (bicyclic) bond motifs is 1. The molecule has 0 unspecified atom stereocenters. The molecule has 0 fully saturated rings. The largest absolute Gasteiger partial charge is 0.494 e. The van der Waals surface area contributed by atoms with E-state index in [2.05, 4.69) is 15.8 Å². The molecule has 8 nitrogen and oxygen atoms in total. The molecule has 0 spiro atoms. The summed E-state index contributed by atoms with van der Waals surface area (Å²) in [6.45, 7) is 2.42. The molecule has 8 heteroatoms. The molecular formula is C30H27N3O5. The number of carbonyl (C=O) groups excluding carboxylic acids is 3. The van der Waals surface area contributed by atoms with Crippen LogP contribution in [0.1, 0.15) is 39.6 Å². The predicted octanol–water partition coefficient (Wildman–Crippen LogP) is 4.73. The number of hydrogen-bond donors (Lipinski definition) is 2. The zero-order valence-electron chi connectivity index (χ0n) is 20.8. The lowest BCUT2D eigenvalue weighted by molar-refractivity contribution is -0.120. The first-order valence-electron chi connectivity index (χ1n) is 12.2. The van der Waals surface area contributed by atoms with Gasteiger partial charge < -0.3 is 14.8 Å². The molecule has 0 saturated carbocycles. The molecule has 2 N–H and O–H groups in total. The van der Waals surface area contributed by atoms with Crippen LogP contribution >= 0.6 is 0 Å². The van der Waals surface area contributed by atoms with Crippen LogP contribution in [0.15, 0.2) is 96.1 Å². The Bertz CT molecular complexity index is 1440. The van der Waals surface area contributed by atoms with Crippen LogP contribution < -0.4 is 20.2 Å². The van der Waals surface area contributed by atoms with E-state index in [9.17, 15) is 14.4 Å². The molecule has 0 aliphatic heterocycles. The molecule has 0 aliphatic rings. The van der Waals surface area contributed by atoms with Gasteiger partial charge in [0.15, 0.2) is 0 Å². The van der Waals surface area contributed by atoms with Gasteiger partial charge in [-0.05, 0) is 77.4 Å². The summed E-state index contributed by atoms with van der Waals surface area (Å²) >= 11 is 0. The number of hydrazone groups is 1. The quantitative estimate of drug-likeness (QED) is 0.139. The Morgan fingerprint density at radius 2 is 1.55 bits per heavy atom. The van der Waals surface area contributed by atoms with Crippen molar-refractivity contribution in [1.29, 1.82) is 0 Å². The maximum absolute atomic E-state index is 12.5. The van der Waals surface area contributed by atoms with E-state index in [1.807, 2.05) is 37.3 Å². The van der Waals surface area contributed by atoms with Gasteiger partial charge in [-0.2, -0.15) is 5.10 Å². The molecule has 0 radical (unpaired) electrons. The van der Waals surface area contributed by atoms with Crippen LogP contribution in [0.5, 0.6) is 11.5 Å². The average molecular weight is 510 g/mol. The summed E-state index contributed by atoms with van der Waals surface area (Å²) < 4.78 is 10.9. The Kier molecular flexibility index (Phi) is 8.80. The van der Waals surface area contributed by atoms with Crippen LogP contribution in [-0.2, 0) is 4.79 Å². The van der Waals surface area contributed by atoms with Crippen molar-refractivity contribution in [3.05, 3.63) is 108 Å². The van der Waals surface area contributed by atoms with Gasteiger partial charge in [0.25, 0.3) is 11.8 Å². The Morgan fingerprint density at radius 1 is 0.842 bits per heavy atom. The molecule has 192 valence electrons. The molecule has 0 aliphatic carbocycles. The van der Waals surface area contributed by atoms with Gasteiger partial charge in [0.05, 0.1) is 24.9 Å². The van der Waals surface area contributed by atoms with Crippen LogP contribution in [0.3, 0.4) is 0 Å². The lowest BCUT2D eigenvalue weighted by Gasteiger charge is -2.07. The van der Waals surface area contributed by atoms with E-state index in [0.29, 0.717) is 34.8 Å². The minimum atomic E-state index is -0.480. The van der Waals surface area contributed by atoms with Gasteiger partial charge in [0, 0.05) is 5.56 Å². The van der Waals surface area contributed by atoms with Gasteiger partial charge in [-0.1, -0.05) is 43.3 Å². The number of nitrogens with zero attached hydrogens (tertiary/aromatic N) is 1. The van der Waals surface area contributed by atoms with Crippen LogP contribution in [0.4, 0.5) is 0 Å². The minimum Gasteiger partial charge on any atom is -0.494 e. The van der Waals surface area contributed by atoms with Crippen LogP contribution in [0.25, 0.3) is 10.8 Å². The van der Waals surface area contributed by atoms with Crippen molar-refractivity contribution in [1.82, 2.24) is 10.7 Å². The highest BCUT2D eigenvalue weighted by atomic mass is 16.5. The molecule has 4 aromatic rings. The molecule has 4 rings (SSSR count). The second-order valence-corrected chi connectivity index (χ2v) is 8.33. The summed E-state index contributed by atoms with van der Waals surface area (Å²) in [6, 6.07) is 26.4. The third-order valence-corrected chi connectivity index (χ3v) is 5.50. The number of nitrogens with one attached hydrogen (secondary N) is 2. The zero-order chi connectivity index (χ0) is 26.7. The van der Waals surface area contributed by atoms with Gasteiger partial charge in [0.1, 0.15) is 11.5 Å². The van der Waals surface area contributed by atoms with Crippen LogP contribution in [-0.4, -0.2) is 37.1 Å². The van der Waals surface area contributed by atoms with Crippen molar-refractivity contribution in [2.45, 2.75) is 13.3 Å². The normalized spacial score (nSPS) is 10.8. The van der Waals surface area contributed by atoms with Gasteiger partial charge in [-0.25, -0.2) is 10.2 Å². The number of benzene rings is 4. The predicted molar refractivity (Wildman–Crippen MR) is 146 cm³/mol. The smallest absolute Gasteiger partial charge is 0.343 e. The summed E-state index contributed by atoms with van der Waals surface area (Å²) in [7, 11) is 0. The average Bonchev–Trinajstić information content (AvgIpc) is 2.95. The third kappa shape index (κ3) is 7.04. The number of hydrogen-bond acceptors (Lipinski definition) is 6. The van der Waals surface area contributed by atoms with E-state index >= 15 is 0 Å². The zero-order valence-corrected chi connectivity index (χ0v) is 20.8. The van der Waals surface area contributed by atoms with E-state index in [0.717, 1.165) is 17.2 Å². The standard InChI is InChI=1S/C30H27N3O5/c1-2-18-37-24-16-12-23(13-17-24)30(36)38-25-14-10-21(11-15-25)19-32-33-28(34)20-31-29(35)27-9-5-7-22-6-3-4-8-26(22)27/h3-17,19H,2,18,20H2,1H3,(H,31,35)(H,33,34)/b32-19+. The third-order valence-electron chi connectivity index (χ3n) is 5.50. The molecule has 0 heterocycles. The first-order valence-corrected chi connectivity index (χ1v) is 12.2. The minimum absolute atomic E-state index is 0.222. The fourth-order valence-electron chi connectivity index (χ4n) is 3.59. The first kappa shape index (κ1) is 26.1. The summed E-state index contributed by atoms with van der Waals surface area (Å²) in [4.78, 5) is 37.0. The number of carbonyl (C=O) groups is 3. The van der Waals surface area contributed by atoms with Crippen LogP contribution in [0.2, 0.25) is 0 Å². The number of rotatable bonds is 10. The molecule has 0 atom stereocenters. The highest BCUT2D eigenvalue weighted by molar-refractivity contribution is 6.07. The molecule has 4 aromatic carbocycles. The van der Waals surface area contributed by atoms with E-state index in [4.69, 9.17) is 9.47 Å². The number of amides is 2. The van der Waals surface area contributed by atoms with Gasteiger partial charge >= 0.3 is 5.97 Å². The Labute approximate surface area is 220 Å². The summed E-state index contributed by atoms with van der Waals surface area (Å²) in [6.07, 6.45) is 2.35. The van der Waals surface area contributed by atoms with Crippen molar-refractivity contribution < 1.29 is 23.9 Å². The highest BCUT2D eigenvalue weighted by Gasteiger charge is 2.11. The lowest BCUT2D eigenvalue weighted by Crippen LogP contribution is -2.35. The summed E-state index contributed by atoms with van der Waals surface area (Å²) in [5, 5.41) is 8.29. The Morgan fingerprint density at radius 3 is 2.32 bits per heavy atom. The second kappa shape index (κ2) is 12.8. The number of ether oxygens (including phenoxy) is 2. The number of esters is 1. The maximum Gasteiger partial charge on any atom is 0.343 e. The molecular weight excluding hydrogens is 482 g/mol. The maximum atomic E-state index is 12.5. The molecule has 38 heavy (non-hydrogen) atoms. The SMILES string of the molecule is CCCOc1ccc(C(=O)Oc2ccc(/C=N/NC(=O)CNC(=O)c3cccc4ccccc34)cc2)cc1.